The van der Waals surface area contributed by atoms with Crippen molar-refractivity contribution in [1.82, 2.24) is 0 Å². The lowest BCUT2D eigenvalue weighted by molar-refractivity contribution is 0.137. The predicted octanol–water partition coefficient (Wildman–Crippen LogP) is 7.87. The van der Waals surface area contributed by atoms with Crippen LogP contribution in [0.2, 0.25) is 0 Å². The molecular formula is C26H27F3O. The van der Waals surface area contributed by atoms with Crippen LogP contribution in [0.3, 0.4) is 0 Å². The van der Waals surface area contributed by atoms with Crippen molar-refractivity contribution in [3.8, 4) is 11.1 Å². The fourth-order valence-electron chi connectivity index (χ4n) is 3.94. The van der Waals surface area contributed by atoms with Crippen molar-refractivity contribution in [2.45, 2.75) is 38.5 Å². The number of rotatable bonds is 7. The van der Waals surface area contributed by atoms with Crippen molar-refractivity contribution in [3.05, 3.63) is 96.1 Å². The lowest BCUT2D eigenvalue weighted by Crippen LogP contribution is -2.18. The number of benzene rings is 2. The van der Waals surface area contributed by atoms with E-state index < -0.39 is 17.5 Å². The van der Waals surface area contributed by atoms with E-state index in [1.165, 1.54) is 6.08 Å². The summed E-state index contributed by atoms with van der Waals surface area (Å²) in [6.07, 6.45) is 4.39. The molecule has 0 aliphatic heterocycles. The van der Waals surface area contributed by atoms with E-state index in [2.05, 4.69) is 13.2 Å². The van der Waals surface area contributed by atoms with Crippen LogP contribution in [-0.2, 0) is 4.74 Å². The van der Waals surface area contributed by atoms with Crippen LogP contribution in [-0.4, -0.2) is 6.61 Å². The highest BCUT2D eigenvalue weighted by Crippen LogP contribution is 2.39. The van der Waals surface area contributed by atoms with Crippen molar-refractivity contribution in [2.24, 2.45) is 5.92 Å². The van der Waals surface area contributed by atoms with Gasteiger partial charge in [-0.2, -0.15) is 0 Å². The Morgan fingerprint density at radius 1 is 1.00 bits per heavy atom. The number of halogens is 3. The first kappa shape index (κ1) is 21.9. The summed E-state index contributed by atoms with van der Waals surface area (Å²) in [6.45, 7) is 9.31. The molecule has 0 N–H and O–H groups in total. The molecule has 0 heterocycles. The molecule has 0 radical (unpaired) electrons. The topological polar surface area (TPSA) is 9.23 Å². The van der Waals surface area contributed by atoms with E-state index in [-0.39, 0.29) is 23.2 Å². The molecule has 4 heteroatoms. The minimum absolute atomic E-state index is 0.00439. The Labute approximate surface area is 176 Å². The molecule has 0 bridgehead atoms. The highest BCUT2D eigenvalue weighted by molar-refractivity contribution is 5.64. The summed E-state index contributed by atoms with van der Waals surface area (Å²) >= 11 is 0. The maximum Gasteiger partial charge on any atom is 0.166 e. The summed E-state index contributed by atoms with van der Waals surface area (Å²) in [6, 6.07) is 12.4. The van der Waals surface area contributed by atoms with Gasteiger partial charge in [-0.3, -0.25) is 0 Å². The molecule has 1 nitrogen and oxygen atoms in total. The van der Waals surface area contributed by atoms with Crippen molar-refractivity contribution < 1.29 is 17.9 Å². The molecule has 0 spiro atoms. The average molecular weight is 412 g/mol. The van der Waals surface area contributed by atoms with Gasteiger partial charge in [0, 0.05) is 5.56 Å². The van der Waals surface area contributed by atoms with E-state index in [0.29, 0.717) is 23.3 Å². The number of allylic oxidation sites excluding steroid dienone is 3. The normalized spacial score (nSPS) is 19.4. The monoisotopic (exact) mass is 412 g/mol. The molecule has 2 aromatic rings. The first-order valence-corrected chi connectivity index (χ1v) is 10.2. The Morgan fingerprint density at radius 2 is 1.67 bits per heavy atom. The standard InChI is InChI=1S/C26H27F3O/c1-17(2)15-24(27)18(3)30-16-19-9-11-21(12-10-19)23-14-13-22(25(28)26(23)29)20-7-5-4-6-8-20/h4-8,13-15,19,21H,1,3,9-12,16H2,2H3/b24-15+. The van der Waals surface area contributed by atoms with E-state index in [9.17, 15) is 13.2 Å². The van der Waals surface area contributed by atoms with Gasteiger partial charge in [0.15, 0.2) is 17.5 Å². The highest BCUT2D eigenvalue weighted by Gasteiger charge is 2.27. The summed E-state index contributed by atoms with van der Waals surface area (Å²) in [7, 11) is 0. The molecule has 0 saturated heterocycles. The maximum atomic E-state index is 14.8. The molecule has 158 valence electrons. The van der Waals surface area contributed by atoms with E-state index in [0.717, 1.165) is 25.7 Å². The second kappa shape index (κ2) is 9.84. The Morgan fingerprint density at radius 3 is 2.30 bits per heavy atom. The smallest absolute Gasteiger partial charge is 0.166 e. The van der Waals surface area contributed by atoms with Gasteiger partial charge in [0.1, 0.15) is 5.76 Å². The number of ether oxygens (including phenoxy) is 1. The number of hydrogen-bond acceptors (Lipinski definition) is 1. The first-order valence-electron chi connectivity index (χ1n) is 10.2. The summed E-state index contributed by atoms with van der Waals surface area (Å²) < 4.78 is 48.8. The van der Waals surface area contributed by atoms with Crippen LogP contribution in [0.1, 0.15) is 44.1 Å². The summed E-state index contributed by atoms with van der Waals surface area (Å²) in [4.78, 5) is 0. The molecule has 1 aliphatic carbocycles. The Bertz CT molecular complexity index is 938. The van der Waals surface area contributed by atoms with Gasteiger partial charge >= 0.3 is 0 Å². The van der Waals surface area contributed by atoms with Gasteiger partial charge in [-0.05, 0) is 61.6 Å². The Hall–Kier alpha value is -2.75. The van der Waals surface area contributed by atoms with Gasteiger partial charge < -0.3 is 4.74 Å². The third-order valence-corrected chi connectivity index (χ3v) is 5.62. The minimum atomic E-state index is -0.791. The Kier molecular flexibility index (Phi) is 7.20. The van der Waals surface area contributed by atoms with Crippen molar-refractivity contribution in [1.29, 1.82) is 0 Å². The van der Waals surface area contributed by atoms with Gasteiger partial charge in [-0.15, -0.1) is 0 Å². The minimum Gasteiger partial charge on any atom is -0.491 e. The van der Waals surface area contributed by atoms with Gasteiger partial charge in [-0.25, -0.2) is 13.2 Å². The zero-order valence-electron chi connectivity index (χ0n) is 17.3. The molecule has 0 aromatic heterocycles. The van der Waals surface area contributed by atoms with Crippen LogP contribution in [0.4, 0.5) is 13.2 Å². The van der Waals surface area contributed by atoms with Crippen LogP contribution >= 0.6 is 0 Å². The molecule has 1 saturated carbocycles. The largest absolute Gasteiger partial charge is 0.491 e. The predicted molar refractivity (Wildman–Crippen MR) is 116 cm³/mol. The van der Waals surface area contributed by atoms with Gasteiger partial charge in [0.2, 0.25) is 0 Å². The molecule has 1 fully saturated rings. The molecule has 30 heavy (non-hydrogen) atoms. The highest BCUT2D eigenvalue weighted by atomic mass is 19.2. The van der Waals surface area contributed by atoms with Crippen molar-refractivity contribution >= 4 is 0 Å². The van der Waals surface area contributed by atoms with E-state index in [4.69, 9.17) is 4.74 Å². The summed E-state index contributed by atoms with van der Waals surface area (Å²) in [5.74, 6) is -1.84. The van der Waals surface area contributed by atoms with Crippen molar-refractivity contribution in [3.63, 3.8) is 0 Å². The lowest BCUT2D eigenvalue weighted by atomic mass is 9.78. The molecule has 0 atom stereocenters. The first-order chi connectivity index (χ1) is 14.4. The lowest BCUT2D eigenvalue weighted by Gasteiger charge is -2.29. The van der Waals surface area contributed by atoms with Gasteiger partial charge in [0.25, 0.3) is 0 Å². The second-order valence-corrected chi connectivity index (χ2v) is 7.99. The quantitative estimate of drug-likeness (QED) is 0.332. The fourth-order valence-corrected chi connectivity index (χ4v) is 3.94. The molecule has 0 amide bonds. The van der Waals surface area contributed by atoms with Crippen LogP contribution in [0.15, 0.2) is 78.9 Å². The summed E-state index contributed by atoms with van der Waals surface area (Å²) in [5, 5.41) is 0. The van der Waals surface area contributed by atoms with E-state index in [1.54, 1.807) is 43.3 Å². The molecule has 0 unspecified atom stereocenters. The van der Waals surface area contributed by atoms with E-state index >= 15 is 0 Å². The van der Waals surface area contributed by atoms with Crippen LogP contribution < -0.4 is 0 Å². The Balaban J connectivity index is 1.59. The molecule has 3 rings (SSSR count). The van der Waals surface area contributed by atoms with Crippen LogP contribution in [0, 0.1) is 17.6 Å². The third-order valence-electron chi connectivity index (χ3n) is 5.62. The average Bonchev–Trinajstić information content (AvgIpc) is 2.74. The molecule has 2 aromatic carbocycles. The second-order valence-electron chi connectivity index (χ2n) is 7.99. The zero-order chi connectivity index (χ0) is 21.7. The van der Waals surface area contributed by atoms with Gasteiger partial charge in [-0.1, -0.05) is 61.2 Å². The fraction of sp³-hybridized carbons (Fsp3) is 0.308. The van der Waals surface area contributed by atoms with E-state index in [1.807, 2.05) is 6.07 Å². The third kappa shape index (κ3) is 5.24. The van der Waals surface area contributed by atoms with Crippen molar-refractivity contribution in [2.75, 3.05) is 6.61 Å². The van der Waals surface area contributed by atoms with Crippen LogP contribution in [0.25, 0.3) is 11.1 Å². The van der Waals surface area contributed by atoms with Gasteiger partial charge in [0.05, 0.1) is 6.61 Å². The SMILES string of the molecule is C=C(C)/C=C(/F)C(=C)OCC1CCC(c2ccc(-c3ccccc3)c(F)c2F)CC1. The van der Waals surface area contributed by atoms with Crippen LogP contribution in [0.5, 0.6) is 0 Å². The zero-order valence-corrected chi connectivity index (χ0v) is 17.3. The number of hydrogen-bond donors (Lipinski definition) is 0. The molecular weight excluding hydrogens is 385 g/mol. The maximum absolute atomic E-state index is 14.8. The summed E-state index contributed by atoms with van der Waals surface area (Å²) in [5.41, 5.74) is 1.97. The molecule has 1 aliphatic rings.